The number of rotatable bonds is 2. The Kier molecular flexibility index (Phi) is 4.16. The van der Waals surface area contributed by atoms with Crippen LogP contribution in [-0.2, 0) is 4.74 Å². The molecule has 1 aliphatic heterocycles. The van der Waals surface area contributed by atoms with Crippen LogP contribution in [0.4, 0.5) is 14.9 Å². The standard InChI is InChI=1S/C15H21FN2O2/c1-15(2,3)20-14(19)17-12-7-8-18(10-12)13-6-4-5-11(16)9-13/h4-6,9,12H,7-8,10H2,1-3H3,(H,17,19)/t12-/m0/s1. The summed E-state index contributed by atoms with van der Waals surface area (Å²) in [5.74, 6) is -0.244. The molecule has 1 heterocycles. The number of amides is 1. The molecule has 1 saturated heterocycles. The van der Waals surface area contributed by atoms with Gasteiger partial charge in [-0.3, -0.25) is 0 Å². The smallest absolute Gasteiger partial charge is 0.407 e. The van der Waals surface area contributed by atoms with Gasteiger partial charge in [0.25, 0.3) is 0 Å². The second-order valence-corrected chi connectivity index (χ2v) is 6.06. The molecule has 0 radical (unpaired) electrons. The maximum absolute atomic E-state index is 13.2. The lowest BCUT2D eigenvalue weighted by molar-refractivity contribution is 0.0509. The highest BCUT2D eigenvalue weighted by molar-refractivity contribution is 5.68. The van der Waals surface area contributed by atoms with E-state index in [4.69, 9.17) is 4.74 Å². The monoisotopic (exact) mass is 280 g/mol. The number of benzene rings is 1. The summed E-state index contributed by atoms with van der Waals surface area (Å²) in [5, 5.41) is 2.85. The summed E-state index contributed by atoms with van der Waals surface area (Å²) in [6.07, 6.45) is 0.430. The molecule has 0 unspecified atom stereocenters. The first-order valence-corrected chi connectivity index (χ1v) is 6.83. The van der Waals surface area contributed by atoms with E-state index in [-0.39, 0.29) is 11.9 Å². The van der Waals surface area contributed by atoms with Crippen molar-refractivity contribution in [3.8, 4) is 0 Å². The molecule has 1 atom stereocenters. The van der Waals surface area contributed by atoms with Crippen LogP contribution in [-0.4, -0.2) is 30.8 Å². The minimum Gasteiger partial charge on any atom is -0.444 e. The van der Waals surface area contributed by atoms with Gasteiger partial charge in [-0.2, -0.15) is 0 Å². The van der Waals surface area contributed by atoms with Crippen molar-refractivity contribution < 1.29 is 13.9 Å². The predicted octanol–water partition coefficient (Wildman–Crippen LogP) is 2.93. The van der Waals surface area contributed by atoms with Crippen molar-refractivity contribution in [3.63, 3.8) is 0 Å². The maximum Gasteiger partial charge on any atom is 0.407 e. The molecule has 1 aromatic rings. The summed E-state index contributed by atoms with van der Waals surface area (Å²) < 4.78 is 18.4. The van der Waals surface area contributed by atoms with Crippen LogP contribution in [0.2, 0.25) is 0 Å². The molecule has 110 valence electrons. The summed E-state index contributed by atoms with van der Waals surface area (Å²) >= 11 is 0. The lowest BCUT2D eigenvalue weighted by Gasteiger charge is -2.22. The van der Waals surface area contributed by atoms with Gasteiger partial charge in [0.1, 0.15) is 11.4 Å². The molecule has 20 heavy (non-hydrogen) atoms. The number of carbonyl (C=O) groups is 1. The van der Waals surface area contributed by atoms with Gasteiger partial charge in [0.15, 0.2) is 0 Å². The van der Waals surface area contributed by atoms with Crippen LogP contribution in [0.5, 0.6) is 0 Å². The van der Waals surface area contributed by atoms with Gasteiger partial charge in [0.2, 0.25) is 0 Å². The van der Waals surface area contributed by atoms with Crippen LogP contribution in [0.15, 0.2) is 24.3 Å². The molecule has 0 aliphatic carbocycles. The van der Waals surface area contributed by atoms with E-state index in [9.17, 15) is 9.18 Å². The molecule has 5 heteroatoms. The lowest BCUT2D eigenvalue weighted by Crippen LogP contribution is -2.40. The van der Waals surface area contributed by atoms with E-state index in [1.165, 1.54) is 12.1 Å². The summed E-state index contributed by atoms with van der Waals surface area (Å²) in [7, 11) is 0. The quantitative estimate of drug-likeness (QED) is 0.905. The zero-order valence-corrected chi connectivity index (χ0v) is 12.1. The molecule has 1 N–H and O–H groups in total. The number of carbonyl (C=O) groups excluding carboxylic acids is 1. The Bertz CT molecular complexity index is 485. The summed E-state index contributed by atoms with van der Waals surface area (Å²) in [4.78, 5) is 13.8. The molecule has 1 aliphatic rings. The molecule has 0 aromatic heterocycles. The average molecular weight is 280 g/mol. The molecule has 2 rings (SSSR count). The minimum absolute atomic E-state index is 0.0353. The van der Waals surface area contributed by atoms with Gasteiger partial charge in [0, 0.05) is 18.8 Å². The van der Waals surface area contributed by atoms with Gasteiger partial charge in [-0.1, -0.05) is 6.07 Å². The molecule has 0 spiro atoms. The highest BCUT2D eigenvalue weighted by atomic mass is 19.1. The highest BCUT2D eigenvalue weighted by Gasteiger charge is 2.26. The number of hydrogen-bond acceptors (Lipinski definition) is 3. The summed E-state index contributed by atoms with van der Waals surface area (Å²) in [6, 6.07) is 6.54. The Morgan fingerprint density at radius 2 is 2.20 bits per heavy atom. The highest BCUT2D eigenvalue weighted by Crippen LogP contribution is 2.21. The van der Waals surface area contributed by atoms with Crippen molar-refractivity contribution in [2.75, 3.05) is 18.0 Å². The minimum atomic E-state index is -0.495. The third kappa shape index (κ3) is 4.11. The van der Waals surface area contributed by atoms with E-state index in [1.807, 2.05) is 26.8 Å². The first kappa shape index (κ1) is 14.6. The average Bonchev–Trinajstić information content (AvgIpc) is 2.74. The third-order valence-electron chi connectivity index (χ3n) is 3.08. The van der Waals surface area contributed by atoms with Gasteiger partial charge >= 0.3 is 6.09 Å². The number of nitrogens with zero attached hydrogens (tertiary/aromatic N) is 1. The third-order valence-corrected chi connectivity index (χ3v) is 3.08. The van der Waals surface area contributed by atoms with E-state index >= 15 is 0 Å². The Morgan fingerprint density at radius 1 is 1.45 bits per heavy atom. The molecule has 0 saturated carbocycles. The SMILES string of the molecule is CC(C)(C)OC(=O)N[C@H]1CCN(c2cccc(F)c2)C1. The second kappa shape index (κ2) is 5.69. The first-order valence-electron chi connectivity index (χ1n) is 6.83. The van der Waals surface area contributed by atoms with Crippen molar-refractivity contribution in [3.05, 3.63) is 30.1 Å². The van der Waals surface area contributed by atoms with Gasteiger partial charge in [-0.25, -0.2) is 9.18 Å². The van der Waals surface area contributed by atoms with Crippen molar-refractivity contribution >= 4 is 11.8 Å². The van der Waals surface area contributed by atoms with Gasteiger partial charge in [0.05, 0.1) is 6.04 Å². The van der Waals surface area contributed by atoms with Crippen molar-refractivity contribution in [1.29, 1.82) is 0 Å². The largest absolute Gasteiger partial charge is 0.444 e. The Hall–Kier alpha value is -1.78. The van der Waals surface area contributed by atoms with Crippen molar-refractivity contribution in [2.24, 2.45) is 0 Å². The number of nitrogens with one attached hydrogen (secondary N) is 1. The Morgan fingerprint density at radius 3 is 2.85 bits per heavy atom. The predicted molar refractivity (Wildman–Crippen MR) is 76.4 cm³/mol. The number of ether oxygens (including phenoxy) is 1. The molecular formula is C15H21FN2O2. The molecule has 1 fully saturated rings. The molecular weight excluding hydrogens is 259 g/mol. The topological polar surface area (TPSA) is 41.6 Å². The van der Waals surface area contributed by atoms with Crippen LogP contribution >= 0.6 is 0 Å². The van der Waals surface area contributed by atoms with Gasteiger partial charge in [-0.05, 0) is 45.4 Å². The molecule has 1 aromatic carbocycles. The van der Waals surface area contributed by atoms with E-state index < -0.39 is 11.7 Å². The molecule has 1 amide bonds. The van der Waals surface area contributed by atoms with Gasteiger partial charge < -0.3 is 15.0 Å². The molecule has 0 bridgehead atoms. The zero-order chi connectivity index (χ0) is 14.8. The number of hydrogen-bond donors (Lipinski definition) is 1. The van der Waals surface area contributed by atoms with Crippen LogP contribution in [0, 0.1) is 5.82 Å². The lowest BCUT2D eigenvalue weighted by atomic mass is 10.2. The summed E-state index contributed by atoms with van der Waals surface area (Å²) in [6.45, 7) is 6.97. The number of alkyl carbamates (subject to hydrolysis) is 1. The number of halogens is 1. The van der Waals surface area contributed by atoms with E-state index in [2.05, 4.69) is 10.2 Å². The Labute approximate surface area is 118 Å². The summed E-state index contributed by atoms with van der Waals surface area (Å²) in [5.41, 5.74) is 0.351. The van der Waals surface area contributed by atoms with E-state index in [0.717, 1.165) is 18.7 Å². The maximum atomic E-state index is 13.2. The van der Waals surface area contributed by atoms with Gasteiger partial charge in [-0.15, -0.1) is 0 Å². The van der Waals surface area contributed by atoms with Crippen LogP contribution < -0.4 is 10.2 Å². The fourth-order valence-corrected chi connectivity index (χ4v) is 2.26. The fraction of sp³-hybridized carbons (Fsp3) is 0.533. The van der Waals surface area contributed by atoms with Crippen molar-refractivity contribution in [2.45, 2.75) is 38.8 Å². The Balaban J connectivity index is 1.88. The zero-order valence-electron chi connectivity index (χ0n) is 12.1. The van der Waals surface area contributed by atoms with Crippen LogP contribution in [0.3, 0.4) is 0 Å². The molecule has 4 nitrogen and oxygen atoms in total. The second-order valence-electron chi connectivity index (χ2n) is 6.06. The van der Waals surface area contributed by atoms with Crippen molar-refractivity contribution in [1.82, 2.24) is 5.32 Å². The van der Waals surface area contributed by atoms with Crippen LogP contribution in [0.25, 0.3) is 0 Å². The normalized spacial score (nSPS) is 19.0. The first-order chi connectivity index (χ1) is 9.33. The van der Waals surface area contributed by atoms with E-state index in [0.29, 0.717) is 6.54 Å². The van der Waals surface area contributed by atoms with Crippen LogP contribution in [0.1, 0.15) is 27.2 Å². The van der Waals surface area contributed by atoms with E-state index in [1.54, 1.807) is 6.07 Å². The number of anilines is 1. The fourth-order valence-electron chi connectivity index (χ4n) is 2.26.